The summed E-state index contributed by atoms with van der Waals surface area (Å²) in [4.78, 5) is 18.1. The molecule has 1 amide bonds. The van der Waals surface area contributed by atoms with E-state index in [0.29, 0.717) is 17.8 Å². The fraction of sp³-hybridized carbons (Fsp3) is 0.571. The molecular weight excluding hydrogens is 258 g/mol. The summed E-state index contributed by atoms with van der Waals surface area (Å²) in [6.07, 6.45) is 9.26. The monoisotopic (exact) mass is 279 g/mol. The maximum absolute atomic E-state index is 12.0. The number of thioether (sulfide) groups is 1. The number of carbonyl (C=O) groups is 1. The Labute approximate surface area is 119 Å². The first-order valence-corrected chi connectivity index (χ1v) is 7.92. The maximum atomic E-state index is 12.0. The second-order valence-electron chi connectivity index (χ2n) is 4.97. The number of aromatic nitrogens is 1. The number of pyridine rings is 1. The van der Waals surface area contributed by atoms with Crippen molar-refractivity contribution in [1.29, 1.82) is 0 Å². The minimum Gasteiger partial charge on any atom is -0.325 e. The Kier molecular flexibility index (Phi) is 5.22. The highest BCUT2D eigenvalue weighted by atomic mass is 32.2. The number of nitrogens with zero attached hydrogens (tertiary/aromatic N) is 2. The van der Waals surface area contributed by atoms with Gasteiger partial charge in [-0.05, 0) is 38.3 Å². The predicted molar refractivity (Wildman–Crippen MR) is 80.4 cm³/mol. The van der Waals surface area contributed by atoms with Gasteiger partial charge in [-0.3, -0.25) is 14.7 Å². The van der Waals surface area contributed by atoms with Crippen molar-refractivity contribution in [1.82, 2.24) is 9.88 Å². The first kappa shape index (κ1) is 14.3. The van der Waals surface area contributed by atoms with Gasteiger partial charge in [0.15, 0.2) is 0 Å². The van der Waals surface area contributed by atoms with E-state index in [1.54, 1.807) is 24.5 Å². The van der Waals surface area contributed by atoms with Gasteiger partial charge >= 0.3 is 0 Å². The molecule has 2 rings (SSSR count). The number of hydrogen-bond donors (Lipinski definition) is 1. The molecule has 4 nitrogen and oxygen atoms in total. The van der Waals surface area contributed by atoms with Crippen LogP contribution in [-0.4, -0.2) is 46.9 Å². The van der Waals surface area contributed by atoms with Crippen LogP contribution in [0.4, 0.5) is 5.69 Å². The third-order valence-corrected chi connectivity index (χ3v) is 4.80. The minimum atomic E-state index is 0.0421. The molecule has 1 heterocycles. The van der Waals surface area contributed by atoms with Crippen LogP contribution in [0.5, 0.6) is 0 Å². The van der Waals surface area contributed by atoms with Crippen LogP contribution in [0.15, 0.2) is 24.5 Å². The SMILES string of the molecule is CS[C@@H]1CCC[C@H]1N(C)CC(=O)Nc1ccncc1. The van der Waals surface area contributed by atoms with Gasteiger partial charge in [0.1, 0.15) is 0 Å². The second-order valence-corrected chi connectivity index (χ2v) is 6.05. The van der Waals surface area contributed by atoms with Crippen LogP contribution in [0.2, 0.25) is 0 Å². The Morgan fingerprint density at radius 2 is 2.21 bits per heavy atom. The van der Waals surface area contributed by atoms with Crippen molar-refractivity contribution in [3.8, 4) is 0 Å². The van der Waals surface area contributed by atoms with Crippen LogP contribution < -0.4 is 5.32 Å². The number of likely N-dealkylation sites (N-methyl/N-ethyl adjacent to an activating group) is 1. The molecule has 1 aliphatic rings. The second kappa shape index (κ2) is 6.91. The Bertz CT molecular complexity index is 412. The molecule has 2 atom stereocenters. The Hall–Kier alpha value is -1.07. The number of hydrogen-bond acceptors (Lipinski definition) is 4. The largest absolute Gasteiger partial charge is 0.325 e. The average molecular weight is 279 g/mol. The lowest BCUT2D eigenvalue weighted by Gasteiger charge is -2.28. The molecule has 0 spiro atoms. The van der Waals surface area contributed by atoms with Crippen molar-refractivity contribution >= 4 is 23.4 Å². The fourth-order valence-electron chi connectivity index (χ4n) is 2.67. The molecule has 1 aliphatic carbocycles. The molecule has 1 N–H and O–H groups in total. The molecule has 104 valence electrons. The van der Waals surface area contributed by atoms with Crippen molar-refractivity contribution in [2.75, 3.05) is 25.2 Å². The number of carbonyl (C=O) groups excluding carboxylic acids is 1. The molecule has 5 heteroatoms. The van der Waals surface area contributed by atoms with E-state index in [1.807, 2.05) is 18.8 Å². The van der Waals surface area contributed by atoms with Gasteiger partial charge in [0.2, 0.25) is 5.91 Å². The van der Waals surface area contributed by atoms with Crippen LogP contribution in [0.1, 0.15) is 19.3 Å². The fourth-order valence-corrected chi connectivity index (χ4v) is 3.73. The third kappa shape index (κ3) is 3.94. The number of anilines is 1. The summed E-state index contributed by atoms with van der Waals surface area (Å²) in [7, 11) is 2.05. The summed E-state index contributed by atoms with van der Waals surface area (Å²) < 4.78 is 0. The van der Waals surface area contributed by atoms with E-state index in [2.05, 4.69) is 21.5 Å². The minimum absolute atomic E-state index is 0.0421. The van der Waals surface area contributed by atoms with Crippen LogP contribution in [0.25, 0.3) is 0 Å². The van der Waals surface area contributed by atoms with Crippen molar-refractivity contribution in [3.63, 3.8) is 0 Å². The first-order chi connectivity index (χ1) is 9.20. The van der Waals surface area contributed by atoms with Gasteiger partial charge in [0.25, 0.3) is 0 Å². The zero-order chi connectivity index (χ0) is 13.7. The first-order valence-electron chi connectivity index (χ1n) is 6.63. The lowest BCUT2D eigenvalue weighted by atomic mass is 10.2. The highest BCUT2D eigenvalue weighted by molar-refractivity contribution is 7.99. The van der Waals surface area contributed by atoms with E-state index < -0.39 is 0 Å². The van der Waals surface area contributed by atoms with Crippen LogP contribution in [-0.2, 0) is 4.79 Å². The molecule has 1 aromatic rings. The normalized spacial score (nSPS) is 22.7. The van der Waals surface area contributed by atoms with Crippen molar-refractivity contribution in [3.05, 3.63) is 24.5 Å². The third-order valence-electron chi connectivity index (χ3n) is 3.64. The van der Waals surface area contributed by atoms with E-state index in [1.165, 1.54) is 19.3 Å². The summed E-state index contributed by atoms with van der Waals surface area (Å²) in [6, 6.07) is 4.13. The van der Waals surface area contributed by atoms with Gasteiger partial charge in [-0.15, -0.1) is 0 Å². The van der Waals surface area contributed by atoms with Gasteiger partial charge in [-0.2, -0.15) is 11.8 Å². The van der Waals surface area contributed by atoms with E-state index in [-0.39, 0.29) is 5.91 Å². The molecule has 0 bridgehead atoms. The molecular formula is C14H21N3OS. The molecule has 0 radical (unpaired) electrons. The smallest absolute Gasteiger partial charge is 0.238 e. The van der Waals surface area contributed by atoms with Crippen LogP contribution in [0.3, 0.4) is 0 Å². The summed E-state index contributed by atoms with van der Waals surface area (Å²) >= 11 is 1.92. The quantitative estimate of drug-likeness (QED) is 0.898. The van der Waals surface area contributed by atoms with Gasteiger partial charge in [0.05, 0.1) is 6.54 Å². The van der Waals surface area contributed by atoms with Crippen molar-refractivity contribution in [2.45, 2.75) is 30.6 Å². The highest BCUT2D eigenvalue weighted by Gasteiger charge is 2.30. The molecule has 0 aliphatic heterocycles. The standard InChI is InChI=1S/C14H21N3OS/c1-17(12-4-3-5-13(12)19-2)10-14(18)16-11-6-8-15-9-7-11/h6-9,12-13H,3-5,10H2,1-2H3,(H,15,16,18)/t12-,13-/m1/s1. The molecule has 1 saturated carbocycles. The molecule has 1 fully saturated rings. The lowest BCUT2D eigenvalue weighted by molar-refractivity contribution is -0.117. The molecule has 0 saturated heterocycles. The van der Waals surface area contributed by atoms with E-state index in [0.717, 1.165) is 5.69 Å². The topological polar surface area (TPSA) is 45.2 Å². The summed E-state index contributed by atoms with van der Waals surface area (Å²) in [5.74, 6) is 0.0421. The summed E-state index contributed by atoms with van der Waals surface area (Å²) in [5, 5.41) is 3.57. The Morgan fingerprint density at radius 3 is 2.89 bits per heavy atom. The molecule has 0 aromatic carbocycles. The van der Waals surface area contributed by atoms with E-state index in [9.17, 15) is 4.79 Å². The Balaban J connectivity index is 1.85. The zero-order valence-electron chi connectivity index (χ0n) is 11.5. The molecule has 1 aromatic heterocycles. The zero-order valence-corrected chi connectivity index (χ0v) is 12.3. The van der Waals surface area contributed by atoms with E-state index in [4.69, 9.17) is 0 Å². The molecule has 19 heavy (non-hydrogen) atoms. The Morgan fingerprint density at radius 1 is 1.47 bits per heavy atom. The molecule has 0 unspecified atom stereocenters. The maximum Gasteiger partial charge on any atom is 0.238 e. The van der Waals surface area contributed by atoms with Crippen molar-refractivity contribution < 1.29 is 4.79 Å². The average Bonchev–Trinajstić information content (AvgIpc) is 2.88. The van der Waals surface area contributed by atoms with Crippen molar-refractivity contribution in [2.24, 2.45) is 0 Å². The van der Waals surface area contributed by atoms with Gasteiger partial charge in [0, 0.05) is 29.4 Å². The van der Waals surface area contributed by atoms with Gasteiger partial charge in [-0.1, -0.05) is 6.42 Å². The number of nitrogens with one attached hydrogen (secondary N) is 1. The summed E-state index contributed by atoms with van der Waals surface area (Å²) in [5.41, 5.74) is 0.807. The van der Waals surface area contributed by atoms with Gasteiger partial charge < -0.3 is 5.32 Å². The number of rotatable bonds is 5. The highest BCUT2D eigenvalue weighted by Crippen LogP contribution is 2.31. The number of amides is 1. The predicted octanol–water partition coefficient (Wildman–Crippen LogP) is 2.24. The van der Waals surface area contributed by atoms with E-state index >= 15 is 0 Å². The summed E-state index contributed by atoms with van der Waals surface area (Å²) in [6.45, 7) is 0.448. The van der Waals surface area contributed by atoms with Crippen LogP contribution >= 0.6 is 11.8 Å². The lowest BCUT2D eigenvalue weighted by Crippen LogP contribution is -2.41. The van der Waals surface area contributed by atoms with Crippen LogP contribution in [0, 0.1) is 0 Å². The van der Waals surface area contributed by atoms with Gasteiger partial charge in [-0.25, -0.2) is 0 Å².